The molecule has 1 N–H and O–H groups in total. The molecule has 138 valence electrons. The van der Waals surface area contributed by atoms with Crippen LogP contribution >= 0.6 is 0 Å². The van der Waals surface area contributed by atoms with Crippen LogP contribution in [0.1, 0.15) is 32.0 Å². The van der Waals surface area contributed by atoms with E-state index in [0.717, 1.165) is 17.0 Å². The van der Waals surface area contributed by atoms with E-state index in [4.69, 9.17) is 9.47 Å². The van der Waals surface area contributed by atoms with Gasteiger partial charge in [0.2, 0.25) is 5.91 Å². The van der Waals surface area contributed by atoms with Gasteiger partial charge < -0.3 is 14.8 Å². The molecule has 1 aromatic carbocycles. The summed E-state index contributed by atoms with van der Waals surface area (Å²) >= 11 is 0. The summed E-state index contributed by atoms with van der Waals surface area (Å²) in [4.78, 5) is 16.1. The van der Waals surface area contributed by atoms with E-state index >= 15 is 0 Å². The Bertz CT molecular complexity index is 727. The molecule has 0 aliphatic heterocycles. The van der Waals surface area contributed by atoms with Gasteiger partial charge in [-0.25, -0.2) is 0 Å². The molecule has 2 aromatic rings. The third-order valence-corrected chi connectivity index (χ3v) is 3.44. The predicted octanol–water partition coefficient (Wildman–Crippen LogP) is 3.84. The third-order valence-electron chi connectivity index (χ3n) is 3.44. The fraction of sp³-hybridized carbons (Fsp3) is 0.333. The molecule has 0 aliphatic carbocycles. The van der Waals surface area contributed by atoms with Gasteiger partial charge in [0, 0.05) is 12.3 Å². The molecule has 5 heteroatoms. The minimum absolute atomic E-state index is 0.172. The molecule has 0 fully saturated rings. The first-order valence-electron chi connectivity index (χ1n) is 8.84. The molecule has 0 unspecified atom stereocenters. The summed E-state index contributed by atoms with van der Waals surface area (Å²) in [6.45, 7) is 7.71. The topological polar surface area (TPSA) is 60.5 Å². The number of nitrogens with one attached hydrogen (secondary N) is 1. The standard InChI is InChI=1S/C21H26N2O3/c1-4-25-20-13-17(8-10-19(20)26-15-16(2)3)9-11-21(24)23-14-18-7-5-6-12-22-18/h5-13,16H,4,14-15H2,1-3H3,(H,23,24)/b11-9+. The Balaban J connectivity index is 1.97. The fourth-order valence-electron chi connectivity index (χ4n) is 2.18. The quantitative estimate of drug-likeness (QED) is 0.695. The molecule has 0 saturated carbocycles. The molecule has 0 atom stereocenters. The lowest BCUT2D eigenvalue weighted by atomic mass is 10.2. The van der Waals surface area contributed by atoms with Crippen molar-refractivity contribution in [2.45, 2.75) is 27.3 Å². The number of hydrogen-bond donors (Lipinski definition) is 1. The van der Waals surface area contributed by atoms with Crippen molar-refractivity contribution in [2.24, 2.45) is 5.92 Å². The second-order valence-corrected chi connectivity index (χ2v) is 6.22. The van der Waals surface area contributed by atoms with Crippen LogP contribution in [0.2, 0.25) is 0 Å². The second-order valence-electron chi connectivity index (χ2n) is 6.22. The van der Waals surface area contributed by atoms with Gasteiger partial charge in [0.1, 0.15) is 0 Å². The molecule has 0 spiro atoms. The maximum atomic E-state index is 12.0. The Morgan fingerprint density at radius 1 is 1.19 bits per heavy atom. The molecular formula is C21H26N2O3. The summed E-state index contributed by atoms with van der Waals surface area (Å²) in [7, 11) is 0. The number of rotatable bonds is 9. The van der Waals surface area contributed by atoms with Gasteiger partial charge in [-0.05, 0) is 48.7 Å². The zero-order valence-electron chi connectivity index (χ0n) is 15.6. The predicted molar refractivity (Wildman–Crippen MR) is 103 cm³/mol. The van der Waals surface area contributed by atoms with Crippen molar-refractivity contribution in [1.82, 2.24) is 10.3 Å². The SMILES string of the molecule is CCOc1cc(/C=C/C(=O)NCc2ccccn2)ccc1OCC(C)C. The van der Waals surface area contributed by atoms with Crippen LogP contribution in [0.25, 0.3) is 6.08 Å². The zero-order chi connectivity index (χ0) is 18.8. The minimum atomic E-state index is -0.172. The number of benzene rings is 1. The highest BCUT2D eigenvalue weighted by molar-refractivity contribution is 5.91. The molecule has 2 rings (SSSR count). The lowest BCUT2D eigenvalue weighted by Gasteiger charge is -2.14. The van der Waals surface area contributed by atoms with Crippen LogP contribution in [0.3, 0.4) is 0 Å². The van der Waals surface area contributed by atoms with E-state index in [1.54, 1.807) is 12.3 Å². The van der Waals surface area contributed by atoms with Crippen molar-refractivity contribution in [3.05, 3.63) is 59.9 Å². The first-order chi connectivity index (χ1) is 12.6. The Morgan fingerprint density at radius 2 is 2.04 bits per heavy atom. The van der Waals surface area contributed by atoms with Crippen molar-refractivity contribution >= 4 is 12.0 Å². The van der Waals surface area contributed by atoms with Crippen molar-refractivity contribution in [3.63, 3.8) is 0 Å². The molecule has 0 radical (unpaired) electrons. The van der Waals surface area contributed by atoms with Crippen molar-refractivity contribution in [2.75, 3.05) is 13.2 Å². The van der Waals surface area contributed by atoms with Crippen LogP contribution in [-0.4, -0.2) is 24.1 Å². The summed E-state index contributed by atoms with van der Waals surface area (Å²) in [6.07, 6.45) is 4.96. The largest absolute Gasteiger partial charge is 0.490 e. The first-order valence-corrected chi connectivity index (χ1v) is 8.84. The van der Waals surface area contributed by atoms with Gasteiger partial charge in [-0.2, -0.15) is 0 Å². The molecule has 1 aromatic heterocycles. The van der Waals surface area contributed by atoms with Gasteiger partial charge in [-0.1, -0.05) is 26.0 Å². The van der Waals surface area contributed by atoms with Gasteiger partial charge >= 0.3 is 0 Å². The minimum Gasteiger partial charge on any atom is -0.490 e. The van der Waals surface area contributed by atoms with Crippen LogP contribution in [-0.2, 0) is 11.3 Å². The number of carbonyl (C=O) groups is 1. The smallest absolute Gasteiger partial charge is 0.244 e. The molecule has 26 heavy (non-hydrogen) atoms. The summed E-state index contributed by atoms with van der Waals surface area (Å²) < 4.78 is 11.4. The summed E-state index contributed by atoms with van der Waals surface area (Å²) in [5, 5.41) is 2.81. The van der Waals surface area contributed by atoms with Crippen molar-refractivity contribution in [1.29, 1.82) is 0 Å². The Kier molecular flexibility index (Phi) is 7.68. The number of amides is 1. The van der Waals surface area contributed by atoms with Crippen LogP contribution in [0.5, 0.6) is 11.5 Å². The number of carbonyl (C=O) groups excluding carboxylic acids is 1. The summed E-state index contributed by atoms with van der Waals surface area (Å²) in [5.74, 6) is 1.67. The van der Waals surface area contributed by atoms with E-state index < -0.39 is 0 Å². The van der Waals surface area contributed by atoms with Gasteiger partial charge in [0.15, 0.2) is 11.5 Å². The fourth-order valence-corrected chi connectivity index (χ4v) is 2.18. The molecule has 0 aliphatic rings. The summed E-state index contributed by atoms with van der Waals surface area (Å²) in [6, 6.07) is 11.3. The molecule has 0 saturated heterocycles. The van der Waals surface area contributed by atoms with E-state index in [2.05, 4.69) is 24.1 Å². The third kappa shape index (κ3) is 6.59. The van der Waals surface area contributed by atoms with Crippen molar-refractivity contribution in [3.8, 4) is 11.5 Å². The van der Waals surface area contributed by atoms with Crippen molar-refractivity contribution < 1.29 is 14.3 Å². The number of pyridine rings is 1. The van der Waals surface area contributed by atoms with E-state index in [1.165, 1.54) is 6.08 Å². The van der Waals surface area contributed by atoms with E-state index in [-0.39, 0.29) is 5.91 Å². The highest BCUT2D eigenvalue weighted by Crippen LogP contribution is 2.29. The van der Waals surface area contributed by atoms with E-state index in [1.807, 2.05) is 43.3 Å². The average molecular weight is 354 g/mol. The highest BCUT2D eigenvalue weighted by Gasteiger charge is 2.07. The van der Waals surface area contributed by atoms with Gasteiger partial charge in [-0.3, -0.25) is 9.78 Å². The van der Waals surface area contributed by atoms with Crippen LogP contribution < -0.4 is 14.8 Å². The molecule has 1 heterocycles. The first kappa shape index (κ1) is 19.5. The maximum absolute atomic E-state index is 12.0. The molecule has 0 bridgehead atoms. The molecular weight excluding hydrogens is 328 g/mol. The Morgan fingerprint density at radius 3 is 2.73 bits per heavy atom. The van der Waals surface area contributed by atoms with Gasteiger partial charge in [0.25, 0.3) is 0 Å². The number of ether oxygens (including phenoxy) is 2. The lowest BCUT2D eigenvalue weighted by molar-refractivity contribution is -0.116. The second kappa shape index (κ2) is 10.2. The number of aromatic nitrogens is 1. The molecule has 1 amide bonds. The van der Waals surface area contributed by atoms with Crippen LogP contribution in [0, 0.1) is 5.92 Å². The maximum Gasteiger partial charge on any atom is 0.244 e. The summed E-state index contributed by atoms with van der Waals surface area (Å²) in [5.41, 5.74) is 1.69. The normalized spacial score (nSPS) is 10.9. The monoisotopic (exact) mass is 354 g/mol. The molecule has 5 nitrogen and oxygen atoms in total. The van der Waals surface area contributed by atoms with Gasteiger partial charge in [-0.15, -0.1) is 0 Å². The Hall–Kier alpha value is -2.82. The Labute approximate surface area is 155 Å². The number of nitrogens with zero attached hydrogens (tertiary/aromatic N) is 1. The van der Waals surface area contributed by atoms with Crippen LogP contribution in [0.4, 0.5) is 0 Å². The zero-order valence-corrected chi connectivity index (χ0v) is 15.6. The lowest BCUT2D eigenvalue weighted by Crippen LogP contribution is -2.20. The van der Waals surface area contributed by atoms with E-state index in [9.17, 15) is 4.79 Å². The average Bonchev–Trinajstić information content (AvgIpc) is 2.65. The number of hydrogen-bond acceptors (Lipinski definition) is 4. The van der Waals surface area contributed by atoms with Crippen LogP contribution in [0.15, 0.2) is 48.7 Å². The highest BCUT2D eigenvalue weighted by atomic mass is 16.5. The van der Waals surface area contributed by atoms with Gasteiger partial charge in [0.05, 0.1) is 25.5 Å². The van der Waals surface area contributed by atoms with E-state index in [0.29, 0.717) is 31.4 Å².